The summed E-state index contributed by atoms with van der Waals surface area (Å²) in [5.41, 5.74) is 6.39. The van der Waals surface area contributed by atoms with E-state index < -0.39 is 10.0 Å². The highest BCUT2D eigenvalue weighted by atomic mass is 35.5. The lowest BCUT2D eigenvalue weighted by Crippen LogP contribution is -2.34. The molecule has 9 heteroatoms. The third-order valence-corrected chi connectivity index (χ3v) is 6.27. The van der Waals surface area contributed by atoms with Crippen LogP contribution in [0.1, 0.15) is 0 Å². The van der Waals surface area contributed by atoms with Gasteiger partial charge in [-0.1, -0.05) is 35.3 Å². The summed E-state index contributed by atoms with van der Waals surface area (Å²) in [5.74, 6) is 0. The first kappa shape index (κ1) is 16.4. The Hall–Kier alpha value is -0.990. The zero-order valence-corrected chi connectivity index (χ0v) is 13.8. The smallest absolute Gasteiger partial charge is 0.266 e. The van der Waals surface area contributed by atoms with E-state index in [0.29, 0.717) is 0 Å². The van der Waals surface area contributed by atoms with Crippen LogP contribution in [-0.2, 0) is 10.0 Å². The highest BCUT2D eigenvalue weighted by Crippen LogP contribution is 2.37. The fourth-order valence-electron chi connectivity index (χ4n) is 1.80. The van der Waals surface area contributed by atoms with Gasteiger partial charge in [0.15, 0.2) is 0 Å². The minimum Gasteiger partial charge on any atom is -0.397 e. The summed E-state index contributed by atoms with van der Waals surface area (Å²) in [7, 11) is -3.96. The number of hydrogen-bond donors (Lipinski definition) is 2. The molecular formula is C12H12Cl2N2O3S2. The number of aliphatic hydroxyl groups is 1. The first-order valence-electron chi connectivity index (χ1n) is 5.81. The number of hydrogen-bond acceptors (Lipinski definition) is 5. The Kier molecular flexibility index (Phi) is 5.00. The summed E-state index contributed by atoms with van der Waals surface area (Å²) in [4.78, 5) is -0.101. The van der Waals surface area contributed by atoms with Gasteiger partial charge < -0.3 is 10.8 Å². The molecule has 0 atom stereocenters. The third kappa shape index (κ3) is 3.27. The molecule has 0 fully saturated rings. The van der Waals surface area contributed by atoms with Crippen LogP contribution < -0.4 is 10.0 Å². The summed E-state index contributed by atoms with van der Waals surface area (Å²) < 4.78 is 26.8. The number of para-hydroxylation sites is 2. The predicted molar refractivity (Wildman–Crippen MR) is 86.8 cm³/mol. The van der Waals surface area contributed by atoms with Gasteiger partial charge in [0.1, 0.15) is 9.23 Å². The topological polar surface area (TPSA) is 83.6 Å². The van der Waals surface area contributed by atoms with Crippen LogP contribution in [0, 0.1) is 0 Å². The zero-order chi connectivity index (χ0) is 15.6. The van der Waals surface area contributed by atoms with Crippen LogP contribution in [0.5, 0.6) is 0 Å². The highest BCUT2D eigenvalue weighted by Gasteiger charge is 2.29. The molecule has 2 rings (SSSR count). The quantitative estimate of drug-likeness (QED) is 0.796. The van der Waals surface area contributed by atoms with E-state index in [-0.39, 0.29) is 38.1 Å². The Morgan fingerprint density at radius 3 is 2.48 bits per heavy atom. The molecule has 2 aromatic rings. The van der Waals surface area contributed by atoms with Crippen LogP contribution in [0.2, 0.25) is 8.67 Å². The van der Waals surface area contributed by atoms with E-state index in [1.807, 2.05) is 0 Å². The maximum atomic E-state index is 12.7. The number of nitrogens with zero attached hydrogens (tertiary/aromatic N) is 1. The van der Waals surface area contributed by atoms with Crippen molar-refractivity contribution in [2.24, 2.45) is 0 Å². The third-order valence-electron chi connectivity index (χ3n) is 2.70. The second-order valence-corrected chi connectivity index (χ2v) is 8.16. The van der Waals surface area contributed by atoms with Crippen molar-refractivity contribution in [2.75, 3.05) is 23.2 Å². The SMILES string of the molecule is Nc1ccccc1N(CCO)S(=O)(=O)c1cc(Cl)sc1Cl. The van der Waals surface area contributed by atoms with Gasteiger partial charge in [-0.3, -0.25) is 4.31 Å². The second-order valence-electron chi connectivity index (χ2n) is 4.05. The molecule has 0 bridgehead atoms. The average Bonchev–Trinajstić information content (AvgIpc) is 2.77. The number of thiophene rings is 1. The maximum Gasteiger partial charge on any atom is 0.266 e. The molecule has 3 N–H and O–H groups in total. The summed E-state index contributed by atoms with van der Waals surface area (Å²) >= 11 is 12.7. The monoisotopic (exact) mass is 366 g/mol. The van der Waals surface area contributed by atoms with Crippen LogP contribution in [0.4, 0.5) is 11.4 Å². The Morgan fingerprint density at radius 1 is 1.29 bits per heavy atom. The van der Waals surface area contributed by atoms with Crippen molar-refractivity contribution in [2.45, 2.75) is 4.90 Å². The summed E-state index contributed by atoms with van der Waals surface area (Å²) in [5, 5.41) is 9.17. The molecule has 0 spiro atoms. The van der Waals surface area contributed by atoms with Gasteiger partial charge in [0.25, 0.3) is 10.0 Å². The van der Waals surface area contributed by atoms with Crippen LogP contribution in [0.25, 0.3) is 0 Å². The number of sulfonamides is 1. The van der Waals surface area contributed by atoms with E-state index in [0.717, 1.165) is 15.6 Å². The second kappa shape index (κ2) is 6.41. The van der Waals surface area contributed by atoms with E-state index >= 15 is 0 Å². The van der Waals surface area contributed by atoms with Gasteiger partial charge in [-0.05, 0) is 18.2 Å². The van der Waals surface area contributed by atoms with Gasteiger partial charge in [-0.15, -0.1) is 11.3 Å². The van der Waals surface area contributed by atoms with Crippen molar-refractivity contribution in [3.63, 3.8) is 0 Å². The fraction of sp³-hybridized carbons (Fsp3) is 0.167. The van der Waals surface area contributed by atoms with Crippen molar-refractivity contribution < 1.29 is 13.5 Å². The van der Waals surface area contributed by atoms with Gasteiger partial charge >= 0.3 is 0 Å². The first-order chi connectivity index (χ1) is 9.87. The molecule has 0 aliphatic rings. The fourth-order valence-corrected chi connectivity index (χ4v) is 5.39. The largest absolute Gasteiger partial charge is 0.397 e. The maximum absolute atomic E-state index is 12.7. The summed E-state index contributed by atoms with van der Waals surface area (Å²) in [6, 6.07) is 7.78. The standard InChI is InChI=1S/C12H12Cl2N2O3S2/c13-11-7-10(12(14)20-11)21(18,19)16(5-6-17)9-4-2-1-3-8(9)15/h1-4,7,17H,5-6,15H2. The number of benzene rings is 1. The lowest BCUT2D eigenvalue weighted by Gasteiger charge is -2.24. The van der Waals surface area contributed by atoms with Crippen LogP contribution in [-0.4, -0.2) is 26.7 Å². The molecule has 0 aliphatic heterocycles. The lowest BCUT2D eigenvalue weighted by atomic mass is 10.3. The molecule has 0 saturated heterocycles. The molecule has 0 aliphatic carbocycles. The first-order valence-corrected chi connectivity index (χ1v) is 8.82. The number of aliphatic hydroxyl groups excluding tert-OH is 1. The minimum absolute atomic E-state index is 0.0671. The molecule has 21 heavy (non-hydrogen) atoms. The van der Waals surface area contributed by atoms with Crippen molar-refractivity contribution in [1.29, 1.82) is 0 Å². The van der Waals surface area contributed by atoms with E-state index in [4.69, 9.17) is 28.9 Å². The number of rotatable bonds is 5. The van der Waals surface area contributed by atoms with Gasteiger partial charge in [-0.2, -0.15) is 0 Å². The van der Waals surface area contributed by atoms with Crippen molar-refractivity contribution >= 4 is 55.9 Å². The molecule has 1 aromatic carbocycles. The van der Waals surface area contributed by atoms with E-state index in [1.165, 1.54) is 6.07 Å². The molecule has 5 nitrogen and oxygen atoms in total. The van der Waals surface area contributed by atoms with Crippen LogP contribution in [0.3, 0.4) is 0 Å². The Morgan fingerprint density at radius 2 is 1.95 bits per heavy atom. The Labute approximate surface area is 136 Å². The molecule has 1 aromatic heterocycles. The molecule has 0 amide bonds. The molecule has 114 valence electrons. The zero-order valence-electron chi connectivity index (χ0n) is 10.7. The van der Waals surface area contributed by atoms with E-state index in [1.54, 1.807) is 24.3 Å². The summed E-state index contributed by atoms with van der Waals surface area (Å²) in [6.45, 7) is -0.497. The lowest BCUT2D eigenvalue weighted by molar-refractivity contribution is 0.306. The molecule has 0 unspecified atom stereocenters. The van der Waals surface area contributed by atoms with Crippen LogP contribution >= 0.6 is 34.5 Å². The van der Waals surface area contributed by atoms with E-state index in [9.17, 15) is 13.5 Å². The molecule has 0 radical (unpaired) electrons. The molecular weight excluding hydrogens is 355 g/mol. The minimum atomic E-state index is -3.96. The predicted octanol–water partition coefficient (Wildman–Crippen LogP) is 2.82. The summed E-state index contributed by atoms with van der Waals surface area (Å²) in [6.07, 6.45) is 0. The average molecular weight is 367 g/mol. The van der Waals surface area contributed by atoms with Gasteiger partial charge in [-0.25, -0.2) is 8.42 Å². The number of halogens is 2. The normalized spacial score (nSPS) is 11.6. The molecule has 1 heterocycles. The van der Waals surface area contributed by atoms with Gasteiger partial charge in [0.05, 0.1) is 28.9 Å². The number of anilines is 2. The van der Waals surface area contributed by atoms with Gasteiger partial charge in [0, 0.05) is 0 Å². The number of nitrogens with two attached hydrogens (primary N) is 1. The van der Waals surface area contributed by atoms with Gasteiger partial charge in [0.2, 0.25) is 0 Å². The Balaban J connectivity index is 2.57. The van der Waals surface area contributed by atoms with E-state index in [2.05, 4.69) is 0 Å². The number of nitrogen functional groups attached to an aromatic ring is 1. The highest BCUT2D eigenvalue weighted by molar-refractivity contribution is 7.93. The van der Waals surface area contributed by atoms with Crippen molar-refractivity contribution in [3.8, 4) is 0 Å². The van der Waals surface area contributed by atoms with Crippen molar-refractivity contribution in [3.05, 3.63) is 39.0 Å². The van der Waals surface area contributed by atoms with Crippen molar-refractivity contribution in [1.82, 2.24) is 0 Å². The Bertz CT molecular complexity index is 747. The van der Waals surface area contributed by atoms with Crippen LogP contribution in [0.15, 0.2) is 35.2 Å². The molecule has 0 saturated carbocycles.